The van der Waals surface area contributed by atoms with Crippen molar-refractivity contribution in [3.8, 4) is 5.75 Å². The van der Waals surface area contributed by atoms with Gasteiger partial charge in [-0.3, -0.25) is 9.59 Å². The smallest absolute Gasteiger partial charge is 0.261 e. The van der Waals surface area contributed by atoms with Crippen molar-refractivity contribution in [3.63, 3.8) is 0 Å². The third kappa shape index (κ3) is 8.00. The highest BCUT2D eigenvalue weighted by molar-refractivity contribution is 6.35. The zero-order chi connectivity index (χ0) is 26.1. The summed E-state index contributed by atoms with van der Waals surface area (Å²) in [5.74, 6) is 0.358. The summed E-state index contributed by atoms with van der Waals surface area (Å²) in [5.41, 5.74) is 2.56. The summed E-state index contributed by atoms with van der Waals surface area (Å²) in [7, 11) is 0. The van der Waals surface area contributed by atoms with E-state index in [2.05, 4.69) is 5.32 Å². The van der Waals surface area contributed by atoms with Crippen LogP contribution in [0, 0.1) is 12.8 Å². The van der Waals surface area contributed by atoms with Crippen LogP contribution in [0.3, 0.4) is 0 Å². The van der Waals surface area contributed by atoms with Gasteiger partial charge in [-0.2, -0.15) is 0 Å². The SMILES string of the molecule is Cc1ccccc1OCC(=O)N(Cc1ccc(Cl)cc1Cl)[C@@H](Cc1ccccc1)C(=O)NCC(C)C. The first-order valence-corrected chi connectivity index (χ1v) is 12.7. The minimum atomic E-state index is -0.758. The Morgan fingerprint density at radius 1 is 0.972 bits per heavy atom. The van der Waals surface area contributed by atoms with Gasteiger partial charge in [0.15, 0.2) is 6.61 Å². The molecule has 2 amide bonds. The fourth-order valence-corrected chi connectivity index (χ4v) is 4.22. The van der Waals surface area contributed by atoms with Gasteiger partial charge >= 0.3 is 0 Å². The number of halogens is 2. The maximum atomic E-state index is 13.6. The number of rotatable bonds is 11. The summed E-state index contributed by atoms with van der Waals surface area (Å²) < 4.78 is 5.87. The summed E-state index contributed by atoms with van der Waals surface area (Å²) >= 11 is 12.6. The molecule has 0 radical (unpaired) electrons. The van der Waals surface area contributed by atoms with E-state index in [4.69, 9.17) is 27.9 Å². The van der Waals surface area contributed by atoms with Gasteiger partial charge in [-0.25, -0.2) is 0 Å². The van der Waals surface area contributed by atoms with E-state index in [0.29, 0.717) is 34.3 Å². The lowest BCUT2D eigenvalue weighted by atomic mass is 10.0. The summed E-state index contributed by atoms with van der Waals surface area (Å²) in [4.78, 5) is 28.6. The van der Waals surface area contributed by atoms with Crippen molar-refractivity contribution in [2.75, 3.05) is 13.2 Å². The van der Waals surface area contributed by atoms with Gasteiger partial charge in [0.05, 0.1) is 0 Å². The molecule has 0 aliphatic rings. The Bertz CT molecular complexity index is 1170. The molecule has 1 N–H and O–H groups in total. The lowest BCUT2D eigenvalue weighted by Crippen LogP contribution is -2.52. The molecular formula is C29H32Cl2N2O3. The highest BCUT2D eigenvalue weighted by Crippen LogP contribution is 2.24. The number of benzene rings is 3. The first-order valence-electron chi connectivity index (χ1n) is 12.0. The predicted molar refractivity (Wildman–Crippen MR) is 145 cm³/mol. The van der Waals surface area contributed by atoms with Gasteiger partial charge in [-0.05, 0) is 47.7 Å². The van der Waals surface area contributed by atoms with Crippen LogP contribution in [-0.4, -0.2) is 35.9 Å². The second-order valence-electron chi connectivity index (χ2n) is 9.16. The third-order valence-electron chi connectivity index (χ3n) is 5.76. The average molecular weight is 527 g/mol. The van der Waals surface area contributed by atoms with Gasteiger partial charge < -0.3 is 15.0 Å². The fourth-order valence-electron chi connectivity index (χ4n) is 3.75. The molecule has 0 aliphatic carbocycles. The molecule has 5 nitrogen and oxygen atoms in total. The first kappa shape index (κ1) is 27.6. The highest BCUT2D eigenvalue weighted by Gasteiger charge is 2.31. The standard InChI is InChI=1S/C29H32Cl2N2O3/c1-20(2)17-32-29(35)26(15-22-10-5-4-6-11-22)33(18-23-13-14-24(30)16-25(23)31)28(34)19-36-27-12-8-7-9-21(27)3/h4-14,16,20,26H,15,17-19H2,1-3H3,(H,32,35)/t26-/m0/s1. The van der Waals surface area contributed by atoms with Crippen molar-refractivity contribution in [1.29, 1.82) is 0 Å². The molecule has 3 aromatic rings. The Morgan fingerprint density at radius 2 is 1.67 bits per heavy atom. The van der Waals surface area contributed by atoms with Crippen LogP contribution in [0.15, 0.2) is 72.8 Å². The van der Waals surface area contributed by atoms with E-state index < -0.39 is 6.04 Å². The van der Waals surface area contributed by atoms with Crippen molar-refractivity contribution in [3.05, 3.63) is 99.5 Å². The maximum absolute atomic E-state index is 13.6. The van der Waals surface area contributed by atoms with Gasteiger partial charge in [0.2, 0.25) is 5.91 Å². The van der Waals surface area contributed by atoms with Crippen molar-refractivity contribution < 1.29 is 14.3 Å². The number of para-hydroxylation sites is 1. The molecule has 1 atom stereocenters. The predicted octanol–water partition coefficient (Wildman–Crippen LogP) is 6.09. The molecule has 0 aromatic heterocycles. The largest absolute Gasteiger partial charge is 0.484 e. The molecule has 7 heteroatoms. The first-order chi connectivity index (χ1) is 17.2. The lowest BCUT2D eigenvalue weighted by molar-refractivity contribution is -0.142. The summed E-state index contributed by atoms with van der Waals surface area (Å²) in [6.45, 7) is 6.41. The average Bonchev–Trinajstić information content (AvgIpc) is 2.85. The second-order valence-corrected chi connectivity index (χ2v) is 10.00. The minimum Gasteiger partial charge on any atom is -0.484 e. The molecule has 0 spiro atoms. The van der Waals surface area contributed by atoms with Crippen LogP contribution < -0.4 is 10.1 Å². The normalized spacial score (nSPS) is 11.7. The molecule has 0 bridgehead atoms. The number of aryl methyl sites for hydroxylation is 1. The number of carbonyl (C=O) groups excluding carboxylic acids is 2. The summed E-state index contributed by atoms with van der Waals surface area (Å²) in [6, 6.07) is 21.5. The molecule has 0 fully saturated rings. The quantitative estimate of drug-likeness (QED) is 0.328. The monoisotopic (exact) mass is 526 g/mol. The van der Waals surface area contributed by atoms with E-state index in [-0.39, 0.29) is 30.9 Å². The zero-order valence-electron chi connectivity index (χ0n) is 20.8. The Morgan fingerprint density at radius 3 is 2.33 bits per heavy atom. The second kappa shape index (κ2) is 13.3. The molecule has 190 valence electrons. The van der Waals surface area contributed by atoms with E-state index in [1.807, 2.05) is 75.4 Å². The van der Waals surface area contributed by atoms with Gasteiger partial charge in [0, 0.05) is 29.6 Å². The molecular weight excluding hydrogens is 495 g/mol. The molecule has 0 saturated heterocycles. The maximum Gasteiger partial charge on any atom is 0.261 e. The zero-order valence-corrected chi connectivity index (χ0v) is 22.4. The number of nitrogens with zero attached hydrogens (tertiary/aromatic N) is 1. The number of hydrogen-bond acceptors (Lipinski definition) is 3. The number of ether oxygens (including phenoxy) is 1. The van der Waals surface area contributed by atoms with E-state index in [1.165, 1.54) is 0 Å². The number of hydrogen-bond donors (Lipinski definition) is 1. The minimum absolute atomic E-state index is 0.137. The van der Waals surface area contributed by atoms with Crippen LogP contribution >= 0.6 is 23.2 Å². The van der Waals surface area contributed by atoms with Gasteiger partial charge in [0.25, 0.3) is 5.91 Å². The molecule has 0 aliphatic heterocycles. The molecule has 0 heterocycles. The van der Waals surface area contributed by atoms with Crippen molar-refractivity contribution >= 4 is 35.0 Å². The van der Waals surface area contributed by atoms with E-state index in [9.17, 15) is 9.59 Å². The molecule has 36 heavy (non-hydrogen) atoms. The highest BCUT2D eigenvalue weighted by atomic mass is 35.5. The van der Waals surface area contributed by atoms with Crippen LogP contribution in [-0.2, 0) is 22.6 Å². The number of nitrogens with one attached hydrogen (secondary N) is 1. The Balaban J connectivity index is 1.94. The molecule has 0 saturated carbocycles. The van der Waals surface area contributed by atoms with Crippen molar-refractivity contribution in [2.45, 2.75) is 39.8 Å². The van der Waals surface area contributed by atoms with Crippen LogP contribution in [0.1, 0.15) is 30.5 Å². The van der Waals surface area contributed by atoms with Crippen LogP contribution in [0.5, 0.6) is 5.75 Å². The Hall–Kier alpha value is -3.02. The Labute approximate surface area is 223 Å². The third-order valence-corrected chi connectivity index (χ3v) is 6.34. The lowest BCUT2D eigenvalue weighted by Gasteiger charge is -2.32. The van der Waals surface area contributed by atoms with E-state index in [1.54, 1.807) is 23.1 Å². The molecule has 3 aromatic carbocycles. The van der Waals surface area contributed by atoms with Crippen molar-refractivity contribution in [2.24, 2.45) is 5.92 Å². The van der Waals surface area contributed by atoms with Gasteiger partial charge in [-0.15, -0.1) is 0 Å². The summed E-state index contributed by atoms with van der Waals surface area (Å²) in [6.07, 6.45) is 0.353. The van der Waals surface area contributed by atoms with E-state index in [0.717, 1.165) is 11.1 Å². The molecule has 3 rings (SSSR count). The number of amides is 2. The van der Waals surface area contributed by atoms with Gasteiger partial charge in [-0.1, -0.05) is 91.6 Å². The van der Waals surface area contributed by atoms with E-state index >= 15 is 0 Å². The fraction of sp³-hybridized carbons (Fsp3) is 0.310. The Kier molecular flexibility index (Phi) is 10.2. The van der Waals surface area contributed by atoms with Crippen LogP contribution in [0.4, 0.5) is 0 Å². The topological polar surface area (TPSA) is 58.6 Å². The van der Waals surface area contributed by atoms with Crippen molar-refractivity contribution in [1.82, 2.24) is 10.2 Å². The van der Waals surface area contributed by atoms with Gasteiger partial charge in [0.1, 0.15) is 11.8 Å². The summed E-state index contributed by atoms with van der Waals surface area (Å²) in [5, 5.41) is 3.93. The number of carbonyl (C=O) groups is 2. The molecule has 0 unspecified atom stereocenters. The van der Waals surface area contributed by atoms with Crippen LogP contribution in [0.25, 0.3) is 0 Å². The van der Waals surface area contributed by atoms with Crippen LogP contribution in [0.2, 0.25) is 10.0 Å².